The molecule has 0 saturated carbocycles. The summed E-state index contributed by atoms with van der Waals surface area (Å²) < 4.78 is 4.85. The Morgan fingerprint density at radius 1 is 0.351 bits per heavy atom. The predicted molar refractivity (Wildman–Crippen MR) is 235 cm³/mol. The van der Waals surface area contributed by atoms with Crippen molar-refractivity contribution in [1.82, 2.24) is 14.1 Å². The summed E-state index contributed by atoms with van der Waals surface area (Å²) in [6.45, 7) is 0. The molecule has 3 heterocycles. The van der Waals surface area contributed by atoms with Gasteiger partial charge in [-0.3, -0.25) is 4.57 Å². The molecule has 0 saturated heterocycles. The predicted octanol–water partition coefficient (Wildman–Crippen LogP) is 13.3. The van der Waals surface area contributed by atoms with E-state index in [2.05, 4.69) is 209 Å². The zero-order chi connectivity index (χ0) is 37.2. The molecule has 3 nitrogen and oxygen atoms in total. The molecule has 2 aliphatic rings. The molecule has 264 valence electrons. The smallest absolute Gasteiger partial charge is 0.145 e. The van der Waals surface area contributed by atoms with Gasteiger partial charge in [-0.1, -0.05) is 164 Å². The molecule has 0 fully saturated rings. The van der Waals surface area contributed by atoms with Gasteiger partial charge in [-0.05, 0) is 86.3 Å². The van der Waals surface area contributed by atoms with Gasteiger partial charge in [-0.25, -0.2) is 4.98 Å². The van der Waals surface area contributed by atoms with Crippen LogP contribution in [0.4, 0.5) is 0 Å². The van der Waals surface area contributed by atoms with Gasteiger partial charge in [-0.2, -0.15) is 0 Å². The summed E-state index contributed by atoms with van der Waals surface area (Å²) in [6.07, 6.45) is 0. The molecule has 9 aromatic carbocycles. The number of rotatable bonds is 3. The summed E-state index contributed by atoms with van der Waals surface area (Å²) in [5.41, 5.74) is 17.9. The Morgan fingerprint density at radius 3 is 1.89 bits per heavy atom. The highest BCUT2D eigenvalue weighted by Gasteiger charge is 2.50. The van der Waals surface area contributed by atoms with Crippen molar-refractivity contribution in [1.29, 1.82) is 0 Å². The highest BCUT2D eigenvalue weighted by atomic mass is 15.1. The minimum Gasteiger partial charge on any atom is -0.309 e. The fraction of sp³-hybridized carbons (Fsp3) is 0.0185. The van der Waals surface area contributed by atoms with E-state index in [4.69, 9.17) is 4.98 Å². The molecule has 0 N–H and O–H groups in total. The van der Waals surface area contributed by atoms with E-state index in [0.29, 0.717) is 0 Å². The van der Waals surface area contributed by atoms with Crippen LogP contribution in [0.2, 0.25) is 0 Å². The van der Waals surface area contributed by atoms with Gasteiger partial charge in [0.05, 0.1) is 38.9 Å². The zero-order valence-electron chi connectivity index (χ0n) is 30.9. The maximum atomic E-state index is 5.18. The van der Waals surface area contributed by atoms with E-state index in [9.17, 15) is 0 Å². The van der Waals surface area contributed by atoms with Crippen molar-refractivity contribution in [3.05, 3.63) is 222 Å². The van der Waals surface area contributed by atoms with Gasteiger partial charge in [-0.15, -0.1) is 0 Å². The number of imidazole rings is 1. The molecule has 2 aromatic heterocycles. The van der Waals surface area contributed by atoms with Crippen LogP contribution in [0, 0.1) is 0 Å². The first-order valence-electron chi connectivity index (χ1n) is 19.7. The van der Waals surface area contributed by atoms with E-state index >= 15 is 0 Å². The van der Waals surface area contributed by atoms with Gasteiger partial charge in [0, 0.05) is 21.7 Å². The highest BCUT2D eigenvalue weighted by molar-refractivity contribution is 6.13. The Bertz CT molecular complexity index is 3480. The Balaban J connectivity index is 1.09. The van der Waals surface area contributed by atoms with Gasteiger partial charge in [0.2, 0.25) is 0 Å². The molecule has 57 heavy (non-hydrogen) atoms. The quantitative estimate of drug-likeness (QED) is 0.178. The third-order valence-corrected chi connectivity index (χ3v) is 12.7. The van der Waals surface area contributed by atoms with E-state index < -0.39 is 5.41 Å². The van der Waals surface area contributed by atoms with Crippen LogP contribution >= 0.6 is 0 Å². The SMILES string of the molecule is c1ccc(-c2nc3ccccc3n2-c2ccc(-c3ccc4c(c3)C3(c5ccccc5-4)c4ccccc4-n4c5ccccc5c5cccc3c54)c3ccccc23)cc1. The monoisotopic (exact) mass is 723 g/mol. The number of para-hydroxylation sites is 5. The summed E-state index contributed by atoms with van der Waals surface area (Å²) >= 11 is 0. The summed E-state index contributed by atoms with van der Waals surface area (Å²) in [6, 6.07) is 73.7. The second kappa shape index (κ2) is 11.3. The van der Waals surface area contributed by atoms with Gasteiger partial charge in [0.1, 0.15) is 5.82 Å². The molecule has 0 bridgehead atoms. The van der Waals surface area contributed by atoms with Crippen LogP contribution in [0.15, 0.2) is 200 Å². The Morgan fingerprint density at radius 2 is 1.00 bits per heavy atom. The summed E-state index contributed by atoms with van der Waals surface area (Å²) in [5, 5.41) is 4.98. The second-order valence-corrected chi connectivity index (χ2v) is 15.4. The van der Waals surface area contributed by atoms with Crippen LogP contribution in [0.25, 0.3) is 88.6 Å². The number of benzene rings is 9. The first-order valence-corrected chi connectivity index (χ1v) is 19.7. The minimum absolute atomic E-state index is 0.502. The maximum absolute atomic E-state index is 5.18. The first kappa shape index (κ1) is 30.8. The van der Waals surface area contributed by atoms with Crippen LogP contribution in [-0.2, 0) is 5.41 Å². The lowest BCUT2D eigenvalue weighted by atomic mass is 9.65. The lowest BCUT2D eigenvalue weighted by Crippen LogP contribution is -2.33. The van der Waals surface area contributed by atoms with Crippen molar-refractivity contribution in [2.45, 2.75) is 5.41 Å². The number of hydrogen-bond donors (Lipinski definition) is 0. The third-order valence-electron chi connectivity index (χ3n) is 12.7. The lowest BCUT2D eigenvalue weighted by molar-refractivity contribution is 0.749. The molecule has 1 spiro atoms. The number of fused-ring (bicyclic) bond motifs is 14. The number of aromatic nitrogens is 3. The molecule has 1 aliphatic heterocycles. The fourth-order valence-corrected chi connectivity index (χ4v) is 10.5. The van der Waals surface area contributed by atoms with E-state index in [-0.39, 0.29) is 0 Å². The van der Waals surface area contributed by atoms with Crippen molar-refractivity contribution in [2.24, 2.45) is 0 Å². The Hall–Kier alpha value is -7.49. The molecule has 1 aliphatic carbocycles. The molecule has 0 radical (unpaired) electrons. The van der Waals surface area contributed by atoms with Crippen molar-refractivity contribution >= 4 is 43.6 Å². The summed E-state index contributed by atoms with van der Waals surface area (Å²) in [5.74, 6) is 0.939. The summed E-state index contributed by atoms with van der Waals surface area (Å²) in [7, 11) is 0. The van der Waals surface area contributed by atoms with Crippen LogP contribution < -0.4 is 0 Å². The van der Waals surface area contributed by atoms with Crippen LogP contribution in [0.5, 0.6) is 0 Å². The topological polar surface area (TPSA) is 22.8 Å². The maximum Gasteiger partial charge on any atom is 0.145 e. The van der Waals surface area contributed by atoms with Gasteiger partial charge in [0.15, 0.2) is 0 Å². The molecule has 3 heteroatoms. The average Bonchev–Trinajstić information content (AvgIpc) is 3.93. The molecule has 1 atom stereocenters. The standard InChI is InChI=1S/C54H33N3/c1-2-15-34(16-3-1)53-55-47-25-10-13-28-51(47)57(53)49-32-31-36(37-17-4-5-19-40(37)49)35-29-30-39-38-18-6-8-22-43(38)54(46(39)33-35)44-23-9-12-27-50(44)56-48-26-11-7-20-41(48)42-21-14-24-45(54)52(42)56/h1-33H. The van der Waals surface area contributed by atoms with E-state index in [0.717, 1.165) is 28.1 Å². The van der Waals surface area contributed by atoms with E-state index in [1.54, 1.807) is 0 Å². The second-order valence-electron chi connectivity index (χ2n) is 15.4. The van der Waals surface area contributed by atoms with E-state index in [1.807, 2.05) is 0 Å². The largest absolute Gasteiger partial charge is 0.309 e. The van der Waals surface area contributed by atoms with Crippen LogP contribution in [0.1, 0.15) is 22.3 Å². The van der Waals surface area contributed by atoms with Gasteiger partial charge >= 0.3 is 0 Å². The molecular formula is C54H33N3. The van der Waals surface area contributed by atoms with Crippen LogP contribution in [-0.4, -0.2) is 14.1 Å². The van der Waals surface area contributed by atoms with Crippen LogP contribution in [0.3, 0.4) is 0 Å². The first-order chi connectivity index (χ1) is 28.3. The zero-order valence-corrected chi connectivity index (χ0v) is 30.9. The number of nitrogens with zero attached hydrogens (tertiary/aromatic N) is 3. The van der Waals surface area contributed by atoms with Gasteiger partial charge < -0.3 is 4.57 Å². The van der Waals surface area contributed by atoms with Crippen molar-refractivity contribution < 1.29 is 0 Å². The Kier molecular flexibility index (Phi) is 6.10. The molecule has 1 unspecified atom stereocenters. The highest BCUT2D eigenvalue weighted by Crippen LogP contribution is 2.61. The molecule has 11 aromatic rings. The molecule has 13 rings (SSSR count). The van der Waals surface area contributed by atoms with Crippen molar-refractivity contribution in [3.63, 3.8) is 0 Å². The van der Waals surface area contributed by atoms with Gasteiger partial charge in [0.25, 0.3) is 0 Å². The fourth-order valence-electron chi connectivity index (χ4n) is 10.5. The van der Waals surface area contributed by atoms with E-state index in [1.165, 1.54) is 82.8 Å². The lowest BCUT2D eigenvalue weighted by Gasteiger charge is -2.39. The van der Waals surface area contributed by atoms with Crippen molar-refractivity contribution in [3.8, 4) is 45.0 Å². The van der Waals surface area contributed by atoms with Crippen molar-refractivity contribution in [2.75, 3.05) is 0 Å². The molecule has 0 amide bonds. The average molecular weight is 724 g/mol. The summed E-state index contributed by atoms with van der Waals surface area (Å²) in [4.78, 5) is 5.18. The Labute approximate surface area is 329 Å². The third kappa shape index (κ3) is 3.92. The normalized spacial score (nSPS) is 15.1. The molecular weight excluding hydrogens is 691 g/mol. The minimum atomic E-state index is -0.502. The number of hydrogen-bond acceptors (Lipinski definition) is 1.